The van der Waals surface area contributed by atoms with Crippen molar-refractivity contribution in [1.29, 1.82) is 0 Å². The second-order valence-electron chi connectivity index (χ2n) is 2.83. The van der Waals surface area contributed by atoms with E-state index in [0.717, 1.165) is 5.56 Å². The zero-order valence-corrected chi connectivity index (χ0v) is 9.66. The van der Waals surface area contributed by atoms with Gasteiger partial charge in [-0.2, -0.15) is 10.1 Å². The van der Waals surface area contributed by atoms with Gasteiger partial charge in [0.1, 0.15) is 0 Å². The van der Waals surface area contributed by atoms with Crippen LogP contribution in [0.15, 0.2) is 40.4 Å². The summed E-state index contributed by atoms with van der Waals surface area (Å²) in [6.07, 6.45) is 1.64. The van der Waals surface area contributed by atoms with E-state index in [0.29, 0.717) is 5.11 Å². The van der Waals surface area contributed by atoms with Gasteiger partial charge in [-0.25, -0.2) is 5.43 Å². The summed E-state index contributed by atoms with van der Waals surface area (Å²) in [5.74, 6) is 0.145. The molecule has 0 aliphatic heterocycles. The molecule has 1 aromatic rings. The molecule has 6 heteroatoms. The number of nitrogens with zero attached hydrogens (tertiary/aromatic N) is 2. The summed E-state index contributed by atoms with van der Waals surface area (Å²) in [5.41, 5.74) is 9.05. The zero-order chi connectivity index (χ0) is 11.8. The van der Waals surface area contributed by atoms with Crippen LogP contribution < -0.4 is 16.5 Å². The second-order valence-corrected chi connectivity index (χ2v) is 3.22. The van der Waals surface area contributed by atoms with Crippen molar-refractivity contribution in [3.05, 3.63) is 35.9 Å². The van der Waals surface area contributed by atoms with Gasteiger partial charge >= 0.3 is 0 Å². The highest BCUT2D eigenvalue weighted by Gasteiger charge is 1.90. The normalized spacial score (nSPS) is 11.4. The van der Waals surface area contributed by atoms with Gasteiger partial charge < -0.3 is 11.1 Å². The van der Waals surface area contributed by atoms with Crippen LogP contribution in [0.1, 0.15) is 5.56 Å². The molecule has 0 saturated carbocycles. The lowest BCUT2D eigenvalue weighted by atomic mass is 10.2. The Morgan fingerprint density at radius 2 is 2.06 bits per heavy atom. The molecule has 0 aliphatic carbocycles. The lowest BCUT2D eigenvalue weighted by Gasteiger charge is -1.99. The van der Waals surface area contributed by atoms with Gasteiger partial charge in [0.05, 0.1) is 6.21 Å². The van der Waals surface area contributed by atoms with Gasteiger partial charge in [-0.3, -0.25) is 0 Å². The molecule has 0 radical (unpaired) electrons. The topological polar surface area (TPSA) is 74.8 Å². The Labute approximate surface area is 99.5 Å². The van der Waals surface area contributed by atoms with Gasteiger partial charge in [0.2, 0.25) is 5.96 Å². The number of thiocarbonyl (C=S) groups is 1. The van der Waals surface area contributed by atoms with Crippen LogP contribution in [0.2, 0.25) is 0 Å². The number of guanidine groups is 1. The van der Waals surface area contributed by atoms with Crippen LogP contribution in [0.3, 0.4) is 0 Å². The number of aliphatic imine (C=N–C) groups is 1. The Kier molecular flexibility index (Phi) is 4.94. The van der Waals surface area contributed by atoms with Gasteiger partial charge in [-0.05, 0) is 17.8 Å². The Bertz CT molecular complexity index is 399. The predicted molar refractivity (Wildman–Crippen MR) is 70.5 cm³/mol. The molecule has 0 heterocycles. The maximum absolute atomic E-state index is 5.51. The molecule has 0 bridgehead atoms. The third-order valence-electron chi connectivity index (χ3n) is 1.63. The Balaban J connectivity index is 2.49. The van der Waals surface area contributed by atoms with Crippen molar-refractivity contribution in [2.75, 3.05) is 7.05 Å². The van der Waals surface area contributed by atoms with Crippen LogP contribution in [0.4, 0.5) is 0 Å². The fraction of sp³-hybridized carbons (Fsp3) is 0.100. The first-order valence-electron chi connectivity index (χ1n) is 4.62. The minimum absolute atomic E-state index is 0.145. The summed E-state index contributed by atoms with van der Waals surface area (Å²) in [5, 5.41) is 6.89. The van der Waals surface area contributed by atoms with E-state index < -0.39 is 0 Å². The molecule has 0 saturated heterocycles. The molecule has 1 rings (SSSR count). The van der Waals surface area contributed by atoms with E-state index in [1.807, 2.05) is 30.3 Å². The highest BCUT2D eigenvalue weighted by molar-refractivity contribution is 7.80. The molecule has 84 valence electrons. The monoisotopic (exact) mass is 235 g/mol. The van der Waals surface area contributed by atoms with Crippen LogP contribution in [-0.2, 0) is 0 Å². The highest BCUT2D eigenvalue weighted by atomic mass is 32.1. The van der Waals surface area contributed by atoms with E-state index in [1.54, 1.807) is 13.3 Å². The number of rotatable bonds is 2. The fourth-order valence-corrected chi connectivity index (χ4v) is 1.00. The average molecular weight is 235 g/mol. The molecule has 0 fully saturated rings. The molecule has 0 aromatic heterocycles. The predicted octanol–water partition coefficient (Wildman–Crippen LogP) is 0.429. The van der Waals surface area contributed by atoms with Gasteiger partial charge in [-0.15, -0.1) is 0 Å². The van der Waals surface area contributed by atoms with E-state index in [1.165, 1.54) is 0 Å². The van der Waals surface area contributed by atoms with Gasteiger partial charge in [0, 0.05) is 7.05 Å². The SMILES string of the molecule is CNC(=S)N=C(N)NN=Cc1ccccc1. The van der Waals surface area contributed by atoms with Crippen molar-refractivity contribution in [3.63, 3.8) is 0 Å². The lowest BCUT2D eigenvalue weighted by Crippen LogP contribution is -2.30. The molecule has 0 atom stereocenters. The first-order valence-corrected chi connectivity index (χ1v) is 5.03. The Morgan fingerprint density at radius 1 is 1.38 bits per heavy atom. The zero-order valence-electron chi connectivity index (χ0n) is 8.84. The second kappa shape index (κ2) is 6.52. The number of benzene rings is 1. The first-order chi connectivity index (χ1) is 7.72. The minimum Gasteiger partial charge on any atom is -0.368 e. The van der Waals surface area contributed by atoms with Gasteiger partial charge in [-0.1, -0.05) is 30.3 Å². The molecule has 4 N–H and O–H groups in total. The molecule has 0 aliphatic rings. The smallest absolute Gasteiger partial charge is 0.216 e. The van der Waals surface area contributed by atoms with E-state index in [9.17, 15) is 0 Å². The third kappa shape index (κ3) is 4.52. The maximum atomic E-state index is 5.51. The van der Waals surface area contributed by atoms with E-state index in [2.05, 4.69) is 20.8 Å². The van der Waals surface area contributed by atoms with Crippen molar-refractivity contribution < 1.29 is 0 Å². The molecular formula is C10H13N5S. The Hall–Kier alpha value is -1.95. The molecule has 0 unspecified atom stereocenters. The standard InChI is InChI=1S/C10H13N5S/c1-12-10(16)14-9(11)15-13-7-8-5-3-2-4-6-8/h2-7H,1H3,(H4,11,12,14,15,16). The number of nitrogens with one attached hydrogen (secondary N) is 2. The molecule has 16 heavy (non-hydrogen) atoms. The molecule has 0 amide bonds. The first kappa shape index (κ1) is 12.1. The molecule has 5 nitrogen and oxygen atoms in total. The third-order valence-corrected chi connectivity index (χ3v) is 1.92. The van der Waals surface area contributed by atoms with Crippen molar-refractivity contribution in [2.45, 2.75) is 0 Å². The van der Waals surface area contributed by atoms with Crippen LogP contribution in [0.5, 0.6) is 0 Å². The van der Waals surface area contributed by atoms with E-state index in [4.69, 9.17) is 18.0 Å². The quantitative estimate of drug-likeness (QED) is 0.301. The van der Waals surface area contributed by atoms with Crippen LogP contribution in [-0.4, -0.2) is 24.3 Å². The summed E-state index contributed by atoms with van der Waals surface area (Å²) in [6.45, 7) is 0. The Morgan fingerprint density at radius 3 is 2.69 bits per heavy atom. The fourth-order valence-electron chi connectivity index (χ4n) is 0.902. The number of nitrogens with two attached hydrogens (primary N) is 1. The lowest BCUT2D eigenvalue weighted by molar-refractivity contribution is 1.01. The molecule has 0 spiro atoms. The number of hydrogen-bond acceptors (Lipinski definition) is 2. The van der Waals surface area contributed by atoms with Gasteiger partial charge in [0.15, 0.2) is 5.11 Å². The van der Waals surface area contributed by atoms with Crippen LogP contribution >= 0.6 is 12.2 Å². The van der Waals surface area contributed by atoms with Crippen LogP contribution in [0, 0.1) is 0 Å². The summed E-state index contributed by atoms with van der Waals surface area (Å²) in [6, 6.07) is 9.64. The van der Waals surface area contributed by atoms with Crippen LogP contribution in [0.25, 0.3) is 0 Å². The van der Waals surface area contributed by atoms with E-state index >= 15 is 0 Å². The van der Waals surface area contributed by atoms with Crippen molar-refractivity contribution in [1.82, 2.24) is 10.7 Å². The van der Waals surface area contributed by atoms with Crippen molar-refractivity contribution >= 4 is 29.5 Å². The number of hydrazone groups is 1. The molecular weight excluding hydrogens is 222 g/mol. The van der Waals surface area contributed by atoms with Gasteiger partial charge in [0.25, 0.3) is 0 Å². The molecule has 1 aromatic carbocycles. The summed E-state index contributed by atoms with van der Waals surface area (Å²) >= 11 is 4.80. The average Bonchev–Trinajstić information content (AvgIpc) is 2.30. The summed E-state index contributed by atoms with van der Waals surface area (Å²) in [7, 11) is 1.67. The maximum Gasteiger partial charge on any atom is 0.216 e. The van der Waals surface area contributed by atoms with Crippen molar-refractivity contribution in [3.8, 4) is 0 Å². The van der Waals surface area contributed by atoms with Crippen molar-refractivity contribution in [2.24, 2.45) is 15.8 Å². The number of hydrogen-bond donors (Lipinski definition) is 3. The summed E-state index contributed by atoms with van der Waals surface area (Å²) < 4.78 is 0. The summed E-state index contributed by atoms with van der Waals surface area (Å²) in [4.78, 5) is 3.82. The minimum atomic E-state index is 0.145. The largest absolute Gasteiger partial charge is 0.368 e. The highest BCUT2D eigenvalue weighted by Crippen LogP contribution is 1.92. The van der Waals surface area contributed by atoms with E-state index in [-0.39, 0.29) is 5.96 Å².